The zero-order chi connectivity index (χ0) is 24.4. The van der Waals surface area contributed by atoms with Crippen LogP contribution in [-0.4, -0.2) is 40.1 Å². The molecule has 0 amide bonds. The Labute approximate surface area is 202 Å². The summed E-state index contributed by atoms with van der Waals surface area (Å²) < 4.78 is 26.8. The second-order valence-electron chi connectivity index (χ2n) is 7.56. The molecule has 174 valence electrons. The number of hydrogen-bond donors (Lipinski definition) is 1. The van der Waals surface area contributed by atoms with E-state index >= 15 is 0 Å². The molecule has 0 saturated carbocycles. The summed E-state index contributed by atoms with van der Waals surface area (Å²) in [6, 6.07) is 14.7. The molecule has 2 aromatic heterocycles. The lowest BCUT2D eigenvalue weighted by atomic mass is 10.0. The largest absolute Gasteiger partial charge is 0.497 e. The molecule has 9 heteroatoms. The minimum Gasteiger partial charge on any atom is -0.497 e. The normalized spacial score (nSPS) is 10.9. The van der Waals surface area contributed by atoms with E-state index in [1.165, 1.54) is 12.1 Å². The maximum absolute atomic E-state index is 14.1. The number of hydrogen-bond acceptors (Lipinski definition) is 5. The third-order valence-electron chi connectivity index (χ3n) is 5.40. The molecule has 34 heavy (non-hydrogen) atoms. The van der Waals surface area contributed by atoms with Gasteiger partial charge in [-0.05, 0) is 76.9 Å². The van der Waals surface area contributed by atoms with Crippen molar-refractivity contribution in [2.24, 2.45) is 0 Å². The Bertz CT molecular complexity index is 1400. The van der Waals surface area contributed by atoms with Crippen molar-refractivity contribution in [3.63, 3.8) is 0 Å². The van der Waals surface area contributed by atoms with Gasteiger partial charge >= 0.3 is 5.97 Å². The molecule has 2 heterocycles. The first-order valence-electron chi connectivity index (χ1n) is 10.3. The summed E-state index contributed by atoms with van der Waals surface area (Å²) in [4.78, 5) is 28.8. The van der Waals surface area contributed by atoms with Gasteiger partial charge in [0.1, 0.15) is 16.0 Å². The van der Waals surface area contributed by atoms with E-state index in [0.29, 0.717) is 43.8 Å². The van der Waals surface area contributed by atoms with Crippen LogP contribution in [0, 0.1) is 12.7 Å². The van der Waals surface area contributed by atoms with Gasteiger partial charge in [-0.15, -0.1) is 0 Å². The molecule has 0 saturated heterocycles. The van der Waals surface area contributed by atoms with Gasteiger partial charge in [-0.1, -0.05) is 6.07 Å². The van der Waals surface area contributed by atoms with Gasteiger partial charge in [0.2, 0.25) is 0 Å². The summed E-state index contributed by atoms with van der Waals surface area (Å²) in [6.07, 6.45) is 0. The zero-order valence-electron chi connectivity index (χ0n) is 18.3. The fourth-order valence-electron chi connectivity index (χ4n) is 3.76. The predicted octanol–water partition coefficient (Wildman–Crippen LogP) is 5.00. The molecular weight excluding hydrogens is 507 g/mol. The molecule has 0 fully saturated rings. The van der Waals surface area contributed by atoms with Gasteiger partial charge in [0.15, 0.2) is 24.0 Å². The van der Waals surface area contributed by atoms with Gasteiger partial charge in [-0.2, -0.15) is 0 Å². The zero-order valence-corrected chi connectivity index (χ0v) is 19.9. The Morgan fingerprint density at radius 2 is 1.85 bits per heavy atom. The summed E-state index contributed by atoms with van der Waals surface area (Å²) >= 11 is 3.39. The van der Waals surface area contributed by atoms with Crippen LogP contribution in [0.3, 0.4) is 0 Å². The van der Waals surface area contributed by atoms with Crippen molar-refractivity contribution < 1.29 is 28.6 Å². The van der Waals surface area contributed by atoms with E-state index in [2.05, 4.69) is 20.9 Å². The maximum Gasteiger partial charge on any atom is 0.341 e. The number of methoxy groups -OCH3 is 1. The van der Waals surface area contributed by atoms with E-state index in [9.17, 15) is 14.0 Å². The van der Waals surface area contributed by atoms with Crippen molar-refractivity contribution in [3.8, 4) is 11.5 Å². The molecule has 0 atom stereocenters. The first kappa shape index (κ1) is 23.4. The van der Waals surface area contributed by atoms with Crippen molar-refractivity contribution in [1.29, 1.82) is 0 Å². The second kappa shape index (κ2) is 9.64. The van der Waals surface area contributed by atoms with E-state index < -0.39 is 18.4 Å². The van der Waals surface area contributed by atoms with E-state index in [-0.39, 0.29) is 18.1 Å². The molecule has 4 rings (SSSR count). The molecular formula is C25H20BrFN2O5. The number of nitrogens with zero attached hydrogens (tertiary/aromatic N) is 2. The highest BCUT2D eigenvalue weighted by molar-refractivity contribution is 9.10. The second-order valence-corrected chi connectivity index (χ2v) is 8.37. The molecule has 0 unspecified atom stereocenters. The number of aliphatic carboxylic acids is 1. The average Bonchev–Trinajstić information content (AvgIpc) is 3.09. The van der Waals surface area contributed by atoms with Crippen molar-refractivity contribution >= 4 is 38.7 Å². The van der Waals surface area contributed by atoms with Crippen molar-refractivity contribution in [2.75, 3.05) is 13.7 Å². The first-order chi connectivity index (χ1) is 16.3. The molecule has 7 nitrogen and oxygen atoms in total. The fourth-order valence-corrected chi connectivity index (χ4v) is 4.06. The molecule has 2 aromatic carbocycles. The van der Waals surface area contributed by atoms with E-state index in [0.717, 1.165) is 0 Å². The molecule has 0 aliphatic rings. The topological polar surface area (TPSA) is 90.7 Å². The van der Waals surface area contributed by atoms with Gasteiger partial charge < -0.3 is 19.1 Å². The Morgan fingerprint density at radius 1 is 1.12 bits per heavy atom. The van der Waals surface area contributed by atoms with Crippen LogP contribution in [0.1, 0.15) is 27.2 Å². The first-order valence-corrected chi connectivity index (χ1v) is 11.0. The average molecular weight is 527 g/mol. The summed E-state index contributed by atoms with van der Waals surface area (Å²) in [5.41, 5.74) is 2.97. The molecule has 0 bridgehead atoms. The predicted molar refractivity (Wildman–Crippen MR) is 127 cm³/mol. The lowest BCUT2D eigenvalue weighted by Gasteiger charge is -2.11. The molecule has 0 spiro atoms. The number of rotatable bonds is 8. The highest BCUT2D eigenvalue weighted by Gasteiger charge is 2.23. The third-order valence-corrected chi connectivity index (χ3v) is 5.84. The number of carbonyl (C=O) groups is 2. The van der Waals surface area contributed by atoms with Crippen LogP contribution in [0.2, 0.25) is 0 Å². The minimum absolute atomic E-state index is 0.155. The monoisotopic (exact) mass is 526 g/mol. The van der Waals surface area contributed by atoms with Crippen LogP contribution < -0.4 is 9.47 Å². The van der Waals surface area contributed by atoms with E-state index in [4.69, 9.17) is 14.6 Å². The van der Waals surface area contributed by atoms with Gasteiger partial charge in [0, 0.05) is 23.2 Å². The van der Waals surface area contributed by atoms with Crippen LogP contribution >= 0.6 is 15.9 Å². The van der Waals surface area contributed by atoms with Crippen molar-refractivity contribution in [3.05, 3.63) is 87.4 Å². The number of carboxylic acid groups (broad SMARTS) is 1. The highest BCUT2D eigenvalue weighted by Crippen LogP contribution is 2.30. The van der Waals surface area contributed by atoms with Gasteiger partial charge in [0.05, 0.1) is 12.7 Å². The van der Waals surface area contributed by atoms with E-state index in [1.54, 1.807) is 43.5 Å². The van der Waals surface area contributed by atoms with Gasteiger partial charge in [-0.25, -0.2) is 14.2 Å². The molecule has 0 aliphatic heterocycles. The molecule has 0 aliphatic carbocycles. The fraction of sp³-hybridized carbons (Fsp3) is 0.160. The van der Waals surface area contributed by atoms with E-state index in [1.807, 2.05) is 17.6 Å². The van der Waals surface area contributed by atoms with Crippen LogP contribution in [0.15, 0.2) is 59.2 Å². The summed E-state index contributed by atoms with van der Waals surface area (Å²) in [5, 5.41) is 9.51. The third kappa shape index (κ3) is 4.65. The SMILES string of the molecule is COc1ccc(C(=O)c2c(C)n(Cc3ccc(F)c(OCC(=O)O)c3)c3nc(Br)ccc23)cc1. The lowest BCUT2D eigenvalue weighted by Crippen LogP contribution is -2.11. The standard InChI is InChI=1S/C25H20BrFN2O5/c1-14-23(24(32)16-4-6-17(33-2)7-5-16)18-8-10-21(26)28-25(18)29(14)12-15-3-9-19(27)20(11-15)34-13-22(30)31/h3-11H,12-13H2,1-2H3,(H,30,31). The lowest BCUT2D eigenvalue weighted by molar-refractivity contribution is -0.139. The Kier molecular flexibility index (Phi) is 6.65. The number of ether oxygens (including phenoxy) is 2. The van der Waals surface area contributed by atoms with Crippen LogP contribution in [-0.2, 0) is 11.3 Å². The number of carboxylic acids is 1. The number of pyridine rings is 1. The summed E-state index contributed by atoms with van der Waals surface area (Å²) in [5.74, 6) is -1.52. The Hall–Kier alpha value is -3.72. The number of aromatic nitrogens is 2. The van der Waals surface area contributed by atoms with Crippen LogP contribution in [0.25, 0.3) is 11.0 Å². The van der Waals surface area contributed by atoms with Crippen molar-refractivity contribution in [1.82, 2.24) is 9.55 Å². The number of halogens is 2. The molecule has 0 radical (unpaired) electrons. The van der Waals surface area contributed by atoms with Gasteiger partial charge in [0.25, 0.3) is 0 Å². The number of carbonyl (C=O) groups excluding carboxylic acids is 1. The quantitative estimate of drug-likeness (QED) is 0.256. The number of benzene rings is 2. The van der Waals surface area contributed by atoms with Crippen molar-refractivity contribution in [2.45, 2.75) is 13.5 Å². The Balaban J connectivity index is 1.77. The minimum atomic E-state index is -1.20. The molecule has 4 aromatic rings. The smallest absolute Gasteiger partial charge is 0.341 e. The number of ketones is 1. The van der Waals surface area contributed by atoms with Crippen LogP contribution in [0.4, 0.5) is 4.39 Å². The number of fused-ring (bicyclic) bond motifs is 1. The molecule has 1 N–H and O–H groups in total. The van der Waals surface area contributed by atoms with Crippen LogP contribution in [0.5, 0.6) is 11.5 Å². The summed E-state index contributed by atoms with van der Waals surface area (Å²) in [7, 11) is 1.56. The highest BCUT2D eigenvalue weighted by atomic mass is 79.9. The van der Waals surface area contributed by atoms with Gasteiger partial charge in [-0.3, -0.25) is 4.79 Å². The maximum atomic E-state index is 14.1. The summed E-state index contributed by atoms with van der Waals surface area (Å²) in [6.45, 7) is 1.45. The Morgan fingerprint density at radius 3 is 2.53 bits per heavy atom.